The van der Waals surface area contributed by atoms with Crippen molar-refractivity contribution in [3.8, 4) is 0 Å². The van der Waals surface area contributed by atoms with Crippen molar-refractivity contribution in [1.29, 1.82) is 0 Å². The van der Waals surface area contributed by atoms with Gasteiger partial charge in [-0.1, -0.05) is 38.3 Å². The van der Waals surface area contributed by atoms with Gasteiger partial charge in [-0.15, -0.1) is 0 Å². The molecular formula is C15H29NO. The summed E-state index contributed by atoms with van der Waals surface area (Å²) in [6.45, 7) is 5.41. The lowest BCUT2D eigenvalue weighted by Gasteiger charge is -2.29. The quantitative estimate of drug-likeness (QED) is 0.714. The van der Waals surface area contributed by atoms with Crippen molar-refractivity contribution < 1.29 is 4.74 Å². The summed E-state index contributed by atoms with van der Waals surface area (Å²) in [7, 11) is 1.84. The SMILES string of the molecule is CCNC(C1=CCCCCCC1)C(CC)OC. The summed E-state index contributed by atoms with van der Waals surface area (Å²) in [6.07, 6.45) is 11.8. The fraction of sp³-hybridized carbons (Fsp3) is 0.867. The second-order valence-corrected chi connectivity index (χ2v) is 4.95. The second kappa shape index (κ2) is 8.71. The standard InChI is InChI=1S/C15H29NO/c1-4-14(17-3)15(16-5-2)13-11-9-7-6-8-10-12-13/h11,14-16H,4-10,12H2,1-3H3. The van der Waals surface area contributed by atoms with Gasteiger partial charge < -0.3 is 10.1 Å². The highest BCUT2D eigenvalue weighted by molar-refractivity contribution is 5.14. The Bertz CT molecular complexity index is 221. The van der Waals surface area contributed by atoms with Crippen molar-refractivity contribution >= 4 is 0 Å². The van der Waals surface area contributed by atoms with Crippen LogP contribution in [0, 0.1) is 0 Å². The molecule has 2 heteroatoms. The Hall–Kier alpha value is -0.340. The van der Waals surface area contributed by atoms with E-state index in [0.29, 0.717) is 12.1 Å². The monoisotopic (exact) mass is 239 g/mol. The molecule has 0 aromatic carbocycles. The predicted octanol–water partition coefficient (Wildman–Crippen LogP) is 3.67. The second-order valence-electron chi connectivity index (χ2n) is 4.95. The third-order valence-electron chi connectivity index (χ3n) is 3.73. The van der Waals surface area contributed by atoms with Crippen LogP contribution in [0.2, 0.25) is 0 Å². The van der Waals surface area contributed by atoms with E-state index >= 15 is 0 Å². The van der Waals surface area contributed by atoms with Crippen molar-refractivity contribution in [2.75, 3.05) is 13.7 Å². The lowest BCUT2D eigenvalue weighted by atomic mass is 9.91. The van der Waals surface area contributed by atoms with E-state index in [1.54, 1.807) is 5.57 Å². The lowest BCUT2D eigenvalue weighted by molar-refractivity contribution is 0.0750. The van der Waals surface area contributed by atoms with Gasteiger partial charge >= 0.3 is 0 Å². The number of rotatable bonds is 6. The fourth-order valence-corrected chi connectivity index (χ4v) is 2.76. The van der Waals surface area contributed by atoms with Crippen LogP contribution >= 0.6 is 0 Å². The average molecular weight is 239 g/mol. The molecule has 17 heavy (non-hydrogen) atoms. The van der Waals surface area contributed by atoms with Gasteiger partial charge in [0.25, 0.3) is 0 Å². The Morgan fingerprint density at radius 1 is 1.24 bits per heavy atom. The van der Waals surface area contributed by atoms with Crippen LogP contribution in [0.5, 0.6) is 0 Å². The predicted molar refractivity (Wildman–Crippen MR) is 74.3 cm³/mol. The van der Waals surface area contributed by atoms with Gasteiger partial charge in [-0.25, -0.2) is 0 Å². The molecule has 0 fully saturated rings. The first kappa shape index (κ1) is 14.7. The molecule has 1 N–H and O–H groups in total. The van der Waals surface area contributed by atoms with Crippen LogP contribution in [0.15, 0.2) is 11.6 Å². The van der Waals surface area contributed by atoms with E-state index in [-0.39, 0.29) is 0 Å². The summed E-state index contributed by atoms with van der Waals surface area (Å²) in [5, 5.41) is 3.61. The van der Waals surface area contributed by atoms with Crippen LogP contribution in [0.3, 0.4) is 0 Å². The van der Waals surface area contributed by atoms with Crippen LogP contribution in [0.1, 0.15) is 58.8 Å². The van der Waals surface area contributed by atoms with E-state index < -0.39 is 0 Å². The summed E-state index contributed by atoms with van der Waals surface area (Å²) >= 11 is 0. The maximum atomic E-state index is 5.64. The van der Waals surface area contributed by atoms with Crippen molar-refractivity contribution in [3.63, 3.8) is 0 Å². The summed E-state index contributed by atoms with van der Waals surface area (Å²) < 4.78 is 5.64. The zero-order valence-corrected chi connectivity index (χ0v) is 11.8. The first-order chi connectivity index (χ1) is 8.33. The molecule has 0 saturated heterocycles. The van der Waals surface area contributed by atoms with Gasteiger partial charge in [0.1, 0.15) is 0 Å². The number of nitrogens with one attached hydrogen (secondary N) is 1. The fourth-order valence-electron chi connectivity index (χ4n) is 2.76. The van der Waals surface area contributed by atoms with E-state index in [4.69, 9.17) is 4.74 Å². The number of likely N-dealkylation sites (N-methyl/N-ethyl adjacent to an activating group) is 1. The zero-order chi connectivity index (χ0) is 12.5. The molecule has 1 rings (SSSR count). The van der Waals surface area contributed by atoms with Crippen LogP contribution in [-0.2, 0) is 4.74 Å². The summed E-state index contributed by atoms with van der Waals surface area (Å²) in [5.74, 6) is 0. The van der Waals surface area contributed by atoms with Crippen LogP contribution < -0.4 is 5.32 Å². The van der Waals surface area contributed by atoms with Gasteiger partial charge in [0.2, 0.25) is 0 Å². The van der Waals surface area contributed by atoms with Gasteiger partial charge in [-0.3, -0.25) is 0 Å². The molecule has 0 amide bonds. The Morgan fingerprint density at radius 3 is 2.65 bits per heavy atom. The number of ether oxygens (including phenoxy) is 1. The van der Waals surface area contributed by atoms with Crippen LogP contribution in [0.25, 0.3) is 0 Å². The number of hydrogen-bond donors (Lipinski definition) is 1. The smallest absolute Gasteiger partial charge is 0.0760 e. The zero-order valence-electron chi connectivity index (χ0n) is 11.8. The Morgan fingerprint density at radius 2 is 2.00 bits per heavy atom. The van der Waals surface area contributed by atoms with Crippen molar-refractivity contribution in [2.24, 2.45) is 0 Å². The third kappa shape index (κ3) is 4.81. The van der Waals surface area contributed by atoms with E-state index in [0.717, 1.165) is 13.0 Å². The first-order valence-corrected chi connectivity index (χ1v) is 7.28. The van der Waals surface area contributed by atoms with Crippen LogP contribution in [0.4, 0.5) is 0 Å². The molecule has 2 nitrogen and oxygen atoms in total. The molecule has 100 valence electrons. The lowest BCUT2D eigenvalue weighted by Crippen LogP contribution is -2.42. The molecule has 1 aliphatic carbocycles. The molecule has 0 aliphatic heterocycles. The van der Waals surface area contributed by atoms with E-state index in [9.17, 15) is 0 Å². The normalized spacial score (nSPS) is 21.2. The first-order valence-electron chi connectivity index (χ1n) is 7.28. The minimum absolute atomic E-state index is 0.320. The van der Waals surface area contributed by atoms with Gasteiger partial charge in [0, 0.05) is 7.11 Å². The van der Waals surface area contributed by atoms with Gasteiger partial charge in [-0.2, -0.15) is 0 Å². The summed E-state index contributed by atoms with van der Waals surface area (Å²) in [5.41, 5.74) is 1.58. The maximum Gasteiger partial charge on any atom is 0.0760 e. The summed E-state index contributed by atoms with van der Waals surface area (Å²) in [6, 6.07) is 0.424. The molecular weight excluding hydrogens is 210 g/mol. The van der Waals surface area contributed by atoms with E-state index in [1.807, 2.05) is 7.11 Å². The van der Waals surface area contributed by atoms with Gasteiger partial charge in [-0.05, 0) is 38.6 Å². The molecule has 0 bridgehead atoms. The number of methoxy groups -OCH3 is 1. The third-order valence-corrected chi connectivity index (χ3v) is 3.73. The van der Waals surface area contributed by atoms with Crippen molar-refractivity contribution in [3.05, 3.63) is 11.6 Å². The number of allylic oxidation sites excluding steroid dienone is 1. The molecule has 0 radical (unpaired) electrons. The molecule has 1 aliphatic rings. The highest BCUT2D eigenvalue weighted by atomic mass is 16.5. The van der Waals surface area contributed by atoms with Crippen molar-refractivity contribution in [1.82, 2.24) is 5.32 Å². The topological polar surface area (TPSA) is 21.3 Å². The van der Waals surface area contributed by atoms with Crippen molar-refractivity contribution in [2.45, 2.75) is 70.9 Å². The molecule has 2 atom stereocenters. The summed E-state index contributed by atoms with van der Waals surface area (Å²) in [4.78, 5) is 0. The van der Waals surface area contributed by atoms with E-state index in [2.05, 4.69) is 25.2 Å². The molecule has 0 aromatic rings. The van der Waals surface area contributed by atoms with Gasteiger partial charge in [0.05, 0.1) is 12.1 Å². The van der Waals surface area contributed by atoms with E-state index in [1.165, 1.54) is 38.5 Å². The largest absolute Gasteiger partial charge is 0.380 e. The molecule has 0 saturated carbocycles. The number of hydrogen-bond acceptors (Lipinski definition) is 2. The minimum atomic E-state index is 0.320. The van der Waals surface area contributed by atoms with Gasteiger partial charge in [0.15, 0.2) is 0 Å². The highest BCUT2D eigenvalue weighted by Crippen LogP contribution is 2.23. The Kier molecular flexibility index (Phi) is 7.54. The molecule has 2 unspecified atom stereocenters. The Balaban J connectivity index is 2.71. The Labute approximate surface area is 107 Å². The molecule has 0 aromatic heterocycles. The molecule has 0 heterocycles. The highest BCUT2D eigenvalue weighted by Gasteiger charge is 2.22. The maximum absolute atomic E-state index is 5.64. The minimum Gasteiger partial charge on any atom is -0.380 e. The molecule has 0 spiro atoms. The average Bonchev–Trinajstić information content (AvgIpc) is 2.29. The van der Waals surface area contributed by atoms with Crippen LogP contribution in [-0.4, -0.2) is 25.8 Å².